The van der Waals surface area contributed by atoms with Crippen LogP contribution in [0.3, 0.4) is 0 Å². The van der Waals surface area contributed by atoms with Crippen molar-refractivity contribution >= 4 is 5.91 Å². The van der Waals surface area contributed by atoms with Crippen LogP contribution in [0.25, 0.3) is 0 Å². The van der Waals surface area contributed by atoms with Crippen LogP contribution in [0.15, 0.2) is 12.4 Å². The molecule has 0 bridgehead atoms. The lowest BCUT2D eigenvalue weighted by Gasteiger charge is -2.25. The second-order valence-corrected chi connectivity index (χ2v) is 4.79. The Bertz CT molecular complexity index is 423. The summed E-state index contributed by atoms with van der Waals surface area (Å²) in [6.45, 7) is 0. The molecule has 0 radical (unpaired) electrons. The van der Waals surface area contributed by atoms with Crippen molar-refractivity contribution in [3.05, 3.63) is 18.0 Å². The number of likely N-dealkylation sites (tertiary alicyclic amines) is 1. The van der Waals surface area contributed by atoms with Crippen molar-refractivity contribution in [3.63, 3.8) is 0 Å². The Morgan fingerprint density at radius 2 is 2.25 bits per heavy atom. The third-order valence-electron chi connectivity index (χ3n) is 3.41. The summed E-state index contributed by atoms with van der Waals surface area (Å²) in [6.07, 6.45) is 6.48. The minimum absolute atomic E-state index is 0.0358. The van der Waals surface area contributed by atoms with Gasteiger partial charge < -0.3 is 10.6 Å². The van der Waals surface area contributed by atoms with Gasteiger partial charge in [-0.1, -0.05) is 0 Å². The molecule has 16 heavy (non-hydrogen) atoms. The summed E-state index contributed by atoms with van der Waals surface area (Å²) >= 11 is 0. The van der Waals surface area contributed by atoms with Crippen LogP contribution in [0, 0.1) is 0 Å². The lowest BCUT2D eigenvalue weighted by atomic mass is 10.0. The van der Waals surface area contributed by atoms with E-state index in [4.69, 9.17) is 5.73 Å². The highest BCUT2D eigenvalue weighted by atomic mass is 16.2. The Hall–Kier alpha value is -1.36. The van der Waals surface area contributed by atoms with Gasteiger partial charge in [-0.25, -0.2) is 0 Å². The van der Waals surface area contributed by atoms with E-state index < -0.39 is 0 Å². The first-order valence-electron chi connectivity index (χ1n) is 5.72. The van der Waals surface area contributed by atoms with E-state index in [0.29, 0.717) is 12.5 Å². The summed E-state index contributed by atoms with van der Waals surface area (Å²) in [7, 11) is 1.88. The number of hydrogen-bond acceptors (Lipinski definition) is 3. The summed E-state index contributed by atoms with van der Waals surface area (Å²) < 4.78 is 1.76. The van der Waals surface area contributed by atoms with E-state index in [0.717, 1.165) is 18.4 Å². The quantitative estimate of drug-likeness (QED) is 0.773. The predicted octanol–water partition coefficient (Wildman–Crippen LogP) is 0.183. The van der Waals surface area contributed by atoms with E-state index in [9.17, 15) is 4.79 Å². The first-order chi connectivity index (χ1) is 7.66. The molecule has 2 unspecified atom stereocenters. The maximum Gasteiger partial charge on any atom is 0.225 e. The van der Waals surface area contributed by atoms with Crippen molar-refractivity contribution in [1.29, 1.82) is 0 Å². The average Bonchev–Trinajstić information content (AvgIpc) is 2.90. The Morgan fingerprint density at radius 3 is 2.81 bits per heavy atom. The van der Waals surface area contributed by atoms with E-state index >= 15 is 0 Å². The number of carbonyl (C=O) groups excluding carboxylic acids is 1. The van der Waals surface area contributed by atoms with E-state index in [-0.39, 0.29) is 18.0 Å². The maximum absolute atomic E-state index is 11.9. The van der Waals surface area contributed by atoms with Gasteiger partial charge in [0.1, 0.15) is 0 Å². The summed E-state index contributed by atoms with van der Waals surface area (Å²) in [5, 5.41) is 4.16. The molecule has 1 saturated heterocycles. The topological polar surface area (TPSA) is 64.2 Å². The lowest BCUT2D eigenvalue weighted by molar-refractivity contribution is -0.129. The average molecular weight is 220 g/mol. The molecule has 2 atom stereocenters. The third-order valence-corrected chi connectivity index (χ3v) is 3.41. The van der Waals surface area contributed by atoms with E-state index in [1.807, 2.05) is 24.3 Å². The minimum Gasteiger partial charge on any atom is -0.331 e. The molecule has 1 aromatic rings. The molecule has 86 valence electrons. The van der Waals surface area contributed by atoms with E-state index in [1.165, 1.54) is 0 Å². The smallest absolute Gasteiger partial charge is 0.225 e. The van der Waals surface area contributed by atoms with Crippen molar-refractivity contribution in [2.45, 2.75) is 37.4 Å². The molecule has 2 fully saturated rings. The molecular weight excluding hydrogens is 204 g/mol. The Morgan fingerprint density at radius 1 is 1.50 bits per heavy atom. The van der Waals surface area contributed by atoms with E-state index in [2.05, 4.69) is 5.10 Å². The zero-order valence-corrected chi connectivity index (χ0v) is 9.34. The summed E-state index contributed by atoms with van der Waals surface area (Å²) in [6, 6.07) is 0.372. The molecule has 1 aliphatic carbocycles. The first kappa shape index (κ1) is 9.84. The van der Waals surface area contributed by atoms with Gasteiger partial charge in [-0.2, -0.15) is 5.10 Å². The molecule has 2 N–H and O–H groups in total. The van der Waals surface area contributed by atoms with Crippen LogP contribution in [-0.2, 0) is 11.8 Å². The maximum atomic E-state index is 11.9. The number of aromatic nitrogens is 2. The zero-order chi connectivity index (χ0) is 11.3. The fourth-order valence-electron chi connectivity index (χ4n) is 2.56. The number of carbonyl (C=O) groups is 1. The van der Waals surface area contributed by atoms with Crippen LogP contribution in [-0.4, -0.2) is 32.7 Å². The lowest BCUT2D eigenvalue weighted by Crippen LogP contribution is -2.34. The van der Waals surface area contributed by atoms with Gasteiger partial charge in [0.15, 0.2) is 0 Å². The number of rotatable bonds is 2. The molecule has 2 aliphatic rings. The third kappa shape index (κ3) is 1.43. The summed E-state index contributed by atoms with van der Waals surface area (Å²) in [5.74, 6) is 0.198. The predicted molar refractivity (Wildman–Crippen MR) is 58.4 cm³/mol. The molecule has 2 heterocycles. The first-order valence-corrected chi connectivity index (χ1v) is 5.72. The fraction of sp³-hybridized carbons (Fsp3) is 0.636. The fourth-order valence-corrected chi connectivity index (χ4v) is 2.56. The molecule has 1 aromatic heterocycles. The Kier molecular flexibility index (Phi) is 2.04. The van der Waals surface area contributed by atoms with Crippen molar-refractivity contribution < 1.29 is 4.79 Å². The number of amides is 1. The summed E-state index contributed by atoms with van der Waals surface area (Å²) in [5.41, 5.74) is 7.13. The van der Waals surface area contributed by atoms with Gasteiger partial charge in [0.25, 0.3) is 0 Å². The zero-order valence-electron chi connectivity index (χ0n) is 9.34. The van der Waals surface area contributed by atoms with Gasteiger partial charge in [0.05, 0.1) is 12.2 Å². The minimum atomic E-state index is -0.0858. The monoisotopic (exact) mass is 220 g/mol. The van der Waals surface area contributed by atoms with Crippen LogP contribution < -0.4 is 5.73 Å². The second kappa shape index (κ2) is 3.31. The van der Waals surface area contributed by atoms with E-state index in [1.54, 1.807) is 4.68 Å². The van der Waals surface area contributed by atoms with Crippen molar-refractivity contribution in [1.82, 2.24) is 14.7 Å². The van der Waals surface area contributed by atoms with Crippen molar-refractivity contribution in [3.8, 4) is 0 Å². The van der Waals surface area contributed by atoms with Crippen LogP contribution in [0.4, 0.5) is 0 Å². The second-order valence-electron chi connectivity index (χ2n) is 4.79. The molecule has 0 spiro atoms. The Balaban J connectivity index is 1.93. The molecule has 5 nitrogen and oxygen atoms in total. The van der Waals surface area contributed by atoms with Gasteiger partial charge in [0.2, 0.25) is 5.91 Å². The number of hydrogen-bond donors (Lipinski definition) is 1. The van der Waals surface area contributed by atoms with Gasteiger partial charge in [-0.05, 0) is 12.8 Å². The van der Waals surface area contributed by atoms with Crippen molar-refractivity contribution in [2.24, 2.45) is 12.8 Å². The molecule has 1 saturated carbocycles. The largest absolute Gasteiger partial charge is 0.331 e. The Labute approximate surface area is 94.2 Å². The molecular formula is C11H16N4O. The van der Waals surface area contributed by atoms with Gasteiger partial charge in [-0.15, -0.1) is 0 Å². The highest BCUT2D eigenvalue weighted by Crippen LogP contribution is 2.40. The number of aryl methyl sites for hydroxylation is 1. The normalized spacial score (nSPS) is 30.1. The SMILES string of the molecule is Cn1cc(C2C(N)CC(=O)N2C2CC2)cn1. The molecule has 1 amide bonds. The van der Waals surface area contributed by atoms with Gasteiger partial charge in [0, 0.05) is 37.3 Å². The van der Waals surface area contributed by atoms with Crippen LogP contribution in [0.5, 0.6) is 0 Å². The van der Waals surface area contributed by atoms with Crippen LogP contribution in [0.1, 0.15) is 30.9 Å². The standard InChI is InChI=1S/C11H16N4O/c1-14-6-7(5-13-14)11-9(12)4-10(16)15(11)8-2-3-8/h5-6,8-9,11H,2-4,12H2,1H3. The highest BCUT2D eigenvalue weighted by molar-refractivity contribution is 5.81. The molecule has 0 aromatic carbocycles. The molecule has 3 rings (SSSR count). The summed E-state index contributed by atoms with van der Waals surface area (Å²) in [4.78, 5) is 13.8. The highest BCUT2D eigenvalue weighted by Gasteiger charge is 2.46. The number of nitrogens with zero attached hydrogens (tertiary/aromatic N) is 3. The molecule has 5 heteroatoms. The van der Waals surface area contributed by atoms with Crippen molar-refractivity contribution in [2.75, 3.05) is 0 Å². The van der Waals surface area contributed by atoms with Crippen LogP contribution in [0.2, 0.25) is 0 Å². The van der Waals surface area contributed by atoms with Gasteiger partial charge >= 0.3 is 0 Å². The molecule has 1 aliphatic heterocycles. The number of nitrogens with two attached hydrogens (primary N) is 1. The van der Waals surface area contributed by atoms with Crippen LogP contribution >= 0.6 is 0 Å². The van der Waals surface area contributed by atoms with Gasteiger partial charge in [-0.3, -0.25) is 9.48 Å².